The molecule has 0 unspecified atom stereocenters. The number of fused-ring (bicyclic) bond motifs is 1. The Bertz CT molecular complexity index is 1060. The van der Waals surface area contributed by atoms with Gasteiger partial charge in [0, 0.05) is 5.56 Å². The minimum absolute atomic E-state index is 0.0438. The van der Waals surface area contributed by atoms with E-state index in [0.29, 0.717) is 12.1 Å². The highest BCUT2D eigenvalue weighted by atomic mass is 19.4. The Labute approximate surface area is 146 Å². The summed E-state index contributed by atoms with van der Waals surface area (Å²) in [5, 5.41) is 18.0. The molecule has 0 fully saturated rings. The molecule has 0 bridgehead atoms. The number of imidazole rings is 1. The molecule has 27 heavy (non-hydrogen) atoms. The van der Waals surface area contributed by atoms with Crippen molar-refractivity contribution in [3.63, 3.8) is 0 Å². The highest BCUT2D eigenvalue weighted by Crippen LogP contribution is 2.34. The van der Waals surface area contributed by atoms with Gasteiger partial charge in [0.15, 0.2) is 23.4 Å². The third kappa shape index (κ3) is 3.14. The summed E-state index contributed by atoms with van der Waals surface area (Å²) in [5.74, 6) is -5.60. The maximum Gasteiger partial charge on any atom is 0.419 e. The third-order valence-electron chi connectivity index (χ3n) is 3.65. The van der Waals surface area contributed by atoms with E-state index in [1.807, 2.05) is 0 Å². The normalized spacial score (nSPS) is 11.8. The third-order valence-corrected chi connectivity index (χ3v) is 3.65. The van der Waals surface area contributed by atoms with Crippen LogP contribution in [0, 0.1) is 22.9 Å². The lowest BCUT2D eigenvalue weighted by Crippen LogP contribution is -2.28. The van der Waals surface area contributed by atoms with Crippen LogP contribution in [0.3, 0.4) is 0 Å². The van der Waals surface area contributed by atoms with E-state index >= 15 is 0 Å². The molecule has 0 saturated heterocycles. The van der Waals surface area contributed by atoms with Crippen LogP contribution < -0.4 is 10.8 Å². The molecule has 0 radical (unpaired) electrons. The summed E-state index contributed by atoms with van der Waals surface area (Å²) in [7, 11) is 0. The van der Waals surface area contributed by atoms with Gasteiger partial charge in [0.2, 0.25) is 0 Å². The molecule has 0 spiro atoms. The first-order chi connectivity index (χ1) is 12.5. The smallest absolute Gasteiger partial charge is 0.369 e. The Morgan fingerprint density at radius 1 is 1.15 bits per heavy atom. The van der Waals surface area contributed by atoms with Crippen molar-refractivity contribution in [2.75, 3.05) is 10.8 Å². The van der Waals surface area contributed by atoms with Crippen molar-refractivity contribution < 1.29 is 31.5 Å². The van der Waals surface area contributed by atoms with Crippen molar-refractivity contribution in [1.29, 1.82) is 5.41 Å². The van der Waals surface area contributed by atoms with Crippen LogP contribution in [-0.2, 0) is 6.18 Å². The van der Waals surface area contributed by atoms with Gasteiger partial charge in [-0.2, -0.15) is 13.2 Å². The number of nitrogens with zero attached hydrogens (tertiary/aromatic N) is 2. The van der Waals surface area contributed by atoms with Crippen LogP contribution >= 0.6 is 0 Å². The number of aromatic nitrogens is 2. The van der Waals surface area contributed by atoms with E-state index in [0.717, 1.165) is 6.07 Å². The number of H-pyrrole nitrogens is 1. The number of alkyl halides is 3. The fourth-order valence-corrected chi connectivity index (χ4v) is 2.41. The molecule has 6 nitrogen and oxygen atoms in total. The molecule has 0 saturated carbocycles. The van der Waals surface area contributed by atoms with Gasteiger partial charge in [0.1, 0.15) is 11.3 Å². The number of hydroxylamine groups is 1. The minimum Gasteiger partial charge on any atom is -0.369 e. The molecule has 2 aromatic carbocycles. The Hall–Kier alpha value is -3.28. The molecule has 0 aliphatic heterocycles. The van der Waals surface area contributed by atoms with Crippen LogP contribution in [0.1, 0.15) is 11.1 Å². The van der Waals surface area contributed by atoms with Crippen molar-refractivity contribution in [2.24, 2.45) is 0 Å². The molecule has 0 amide bonds. The summed E-state index contributed by atoms with van der Waals surface area (Å²) in [6, 6.07) is 2.03. The average molecular weight is 389 g/mol. The van der Waals surface area contributed by atoms with Crippen LogP contribution in [0.4, 0.5) is 38.0 Å². The fraction of sp³-hybridized carbons (Fsp3) is 0.0667. The zero-order valence-corrected chi connectivity index (χ0v) is 13.0. The number of nitrogens with two attached hydrogens (primary N) is 1. The van der Waals surface area contributed by atoms with Gasteiger partial charge in [0.05, 0.1) is 16.8 Å². The van der Waals surface area contributed by atoms with E-state index in [1.54, 1.807) is 0 Å². The van der Waals surface area contributed by atoms with Gasteiger partial charge in [0.25, 0.3) is 0 Å². The van der Waals surface area contributed by atoms with Crippen molar-refractivity contribution in [1.82, 2.24) is 9.97 Å². The van der Waals surface area contributed by atoms with Crippen LogP contribution in [-0.4, -0.2) is 21.0 Å². The Morgan fingerprint density at radius 3 is 2.44 bits per heavy atom. The van der Waals surface area contributed by atoms with Crippen molar-refractivity contribution in [2.45, 2.75) is 6.18 Å². The summed E-state index contributed by atoms with van der Waals surface area (Å²) < 4.78 is 79.3. The molecule has 0 atom stereocenters. The molecular formula is C15H9F6N5O. The van der Waals surface area contributed by atoms with Crippen LogP contribution in [0.5, 0.6) is 0 Å². The van der Waals surface area contributed by atoms with E-state index < -0.39 is 51.8 Å². The quantitative estimate of drug-likeness (QED) is 0.232. The highest BCUT2D eigenvalue weighted by Gasteiger charge is 2.35. The van der Waals surface area contributed by atoms with Crippen molar-refractivity contribution in [3.05, 3.63) is 52.8 Å². The Morgan fingerprint density at radius 2 is 1.81 bits per heavy atom. The number of amidine groups is 1. The van der Waals surface area contributed by atoms with Gasteiger partial charge in [-0.1, -0.05) is 0 Å². The van der Waals surface area contributed by atoms with Gasteiger partial charge in [-0.3, -0.25) is 10.6 Å². The molecule has 0 aliphatic carbocycles. The number of anilines is 2. The van der Waals surface area contributed by atoms with Gasteiger partial charge >= 0.3 is 6.18 Å². The second kappa shape index (κ2) is 6.16. The van der Waals surface area contributed by atoms with Crippen molar-refractivity contribution >= 4 is 28.5 Å². The highest BCUT2D eigenvalue weighted by molar-refractivity contribution is 6.13. The number of aromatic amines is 1. The number of hydrogen-bond donors (Lipinski definition) is 4. The van der Waals surface area contributed by atoms with Gasteiger partial charge in [-0.15, -0.1) is 0 Å². The second-order valence-electron chi connectivity index (χ2n) is 5.39. The van der Waals surface area contributed by atoms with E-state index in [2.05, 4.69) is 9.97 Å². The maximum absolute atomic E-state index is 13.8. The van der Waals surface area contributed by atoms with E-state index in [1.165, 1.54) is 0 Å². The topological polar surface area (TPSA) is 102 Å². The first kappa shape index (κ1) is 18.5. The standard InChI is InChI=1S/C15H9F6N5O/c16-8-2-1-5(3-7(8)15(19,20)21)26(27)13(22)6-4-9(17)10(18)12-11(6)24-14(23)25-12/h1-4,22,27H,(H3,23,24,25). The number of rotatable bonds is 2. The summed E-state index contributed by atoms with van der Waals surface area (Å²) in [4.78, 5) is 5.89. The lowest BCUT2D eigenvalue weighted by Gasteiger charge is -2.20. The number of nitrogen functional groups attached to an aromatic ring is 1. The second-order valence-corrected chi connectivity index (χ2v) is 5.39. The monoisotopic (exact) mass is 389 g/mol. The molecule has 3 rings (SSSR count). The Kier molecular flexibility index (Phi) is 4.22. The molecular weight excluding hydrogens is 380 g/mol. The molecule has 0 aliphatic rings. The molecule has 12 heteroatoms. The van der Waals surface area contributed by atoms with E-state index in [9.17, 15) is 31.5 Å². The van der Waals surface area contributed by atoms with Crippen LogP contribution in [0.15, 0.2) is 24.3 Å². The maximum atomic E-state index is 13.8. The predicted molar refractivity (Wildman–Crippen MR) is 82.9 cm³/mol. The molecule has 5 N–H and O–H groups in total. The fourth-order valence-electron chi connectivity index (χ4n) is 2.41. The molecule has 1 heterocycles. The lowest BCUT2D eigenvalue weighted by atomic mass is 10.1. The molecule has 3 aromatic rings. The number of hydrogen-bond acceptors (Lipinski definition) is 4. The molecule has 1 aromatic heterocycles. The number of benzene rings is 2. The van der Waals surface area contributed by atoms with Crippen LogP contribution in [0.25, 0.3) is 11.0 Å². The zero-order valence-electron chi connectivity index (χ0n) is 13.0. The lowest BCUT2D eigenvalue weighted by molar-refractivity contribution is -0.139. The van der Waals surface area contributed by atoms with Gasteiger partial charge in [-0.05, 0) is 24.3 Å². The first-order valence-corrected chi connectivity index (χ1v) is 7.08. The van der Waals surface area contributed by atoms with Gasteiger partial charge < -0.3 is 10.7 Å². The number of nitrogens with one attached hydrogen (secondary N) is 2. The van der Waals surface area contributed by atoms with E-state index in [-0.39, 0.29) is 22.6 Å². The minimum atomic E-state index is -5.05. The van der Waals surface area contributed by atoms with Crippen molar-refractivity contribution in [3.8, 4) is 0 Å². The average Bonchev–Trinajstić information content (AvgIpc) is 2.98. The Balaban J connectivity index is 2.10. The number of halogens is 6. The summed E-state index contributed by atoms with van der Waals surface area (Å²) in [5.41, 5.74) is 1.83. The largest absolute Gasteiger partial charge is 0.419 e. The summed E-state index contributed by atoms with van der Waals surface area (Å²) in [6.45, 7) is 0. The summed E-state index contributed by atoms with van der Waals surface area (Å²) >= 11 is 0. The van der Waals surface area contributed by atoms with Crippen LogP contribution in [0.2, 0.25) is 0 Å². The zero-order chi connectivity index (χ0) is 20.1. The summed E-state index contributed by atoms with van der Waals surface area (Å²) in [6.07, 6.45) is -5.05. The first-order valence-electron chi connectivity index (χ1n) is 7.08. The van der Waals surface area contributed by atoms with Gasteiger partial charge in [-0.25, -0.2) is 23.2 Å². The predicted octanol–water partition coefficient (Wildman–Crippen LogP) is 3.80. The SMILES string of the molecule is N=C(c1cc(F)c(F)c2nc(N)[nH]c12)N(O)c1ccc(F)c(C(F)(F)F)c1. The molecule has 142 valence electrons. The van der Waals surface area contributed by atoms with E-state index in [4.69, 9.17) is 11.1 Å².